The predicted octanol–water partition coefficient (Wildman–Crippen LogP) is 5.11. The Kier molecular flexibility index (Phi) is 7.19. The van der Waals surface area contributed by atoms with Crippen molar-refractivity contribution >= 4 is 34.9 Å². The number of nitro groups is 1. The van der Waals surface area contributed by atoms with Crippen LogP contribution in [0.1, 0.15) is 51.4 Å². The minimum Gasteiger partial charge on any atom is -0.462 e. The van der Waals surface area contributed by atoms with Gasteiger partial charge in [-0.2, -0.15) is 0 Å². The van der Waals surface area contributed by atoms with E-state index in [0.29, 0.717) is 21.7 Å². The number of fused-ring (bicyclic) bond motifs is 1. The molecule has 2 aromatic heterocycles. The number of nitro benzene ring substituents is 1. The lowest BCUT2D eigenvalue weighted by Crippen LogP contribution is -2.10. The lowest BCUT2D eigenvalue weighted by Gasteiger charge is -2.08. The van der Waals surface area contributed by atoms with Crippen LogP contribution in [0.15, 0.2) is 41.4 Å². The van der Waals surface area contributed by atoms with Gasteiger partial charge in [0.2, 0.25) is 0 Å². The summed E-state index contributed by atoms with van der Waals surface area (Å²) in [5.74, 6) is -0.654. The number of ether oxygens (including phenoxy) is 2. The van der Waals surface area contributed by atoms with Gasteiger partial charge in [-0.1, -0.05) is 18.2 Å². The van der Waals surface area contributed by atoms with Gasteiger partial charge in [0.15, 0.2) is 0 Å². The Balaban J connectivity index is 2.16. The number of nitrogens with zero attached hydrogens (tertiary/aromatic N) is 2. The Morgan fingerprint density at radius 1 is 1.06 bits per heavy atom. The van der Waals surface area contributed by atoms with Crippen LogP contribution < -0.4 is 0 Å². The summed E-state index contributed by atoms with van der Waals surface area (Å²) in [6.45, 7) is 7.63. The molecule has 0 atom stereocenters. The molecule has 0 fully saturated rings. The fourth-order valence-corrected chi connectivity index (χ4v) is 4.67. The molecule has 0 radical (unpaired) electrons. The molecular weight excluding hydrogens is 432 g/mol. The number of esters is 2. The summed E-state index contributed by atoms with van der Waals surface area (Å²) in [4.78, 5) is 36.8. The van der Waals surface area contributed by atoms with Crippen LogP contribution in [0.5, 0.6) is 0 Å². The van der Waals surface area contributed by atoms with Crippen LogP contribution in [0, 0.1) is 24.0 Å². The summed E-state index contributed by atoms with van der Waals surface area (Å²) in [5.41, 5.74) is 3.76. The van der Waals surface area contributed by atoms with Crippen molar-refractivity contribution in [3.05, 3.63) is 74.6 Å². The van der Waals surface area contributed by atoms with Crippen LogP contribution in [0.3, 0.4) is 0 Å². The highest BCUT2D eigenvalue weighted by Gasteiger charge is 2.30. The maximum atomic E-state index is 13.0. The van der Waals surface area contributed by atoms with E-state index in [-0.39, 0.29) is 24.6 Å². The zero-order valence-corrected chi connectivity index (χ0v) is 19.2. The highest BCUT2D eigenvalue weighted by Crippen LogP contribution is 2.37. The van der Waals surface area contributed by atoms with E-state index in [1.165, 1.54) is 23.9 Å². The second kappa shape index (κ2) is 9.86. The van der Waals surface area contributed by atoms with Crippen molar-refractivity contribution in [3.8, 4) is 0 Å². The van der Waals surface area contributed by atoms with E-state index >= 15 is 0 Å². The predicted molar refractivity (Wildman–Crippen MR) is 121 cm³/mol. The molecule has 0 saturated heterocycles. The first-order valence-electron chi connectivity index (χ1n) is 10.1. The number of aromatic nitrogens is 1. The van der Waals surface area contributed by atoms with E-state index in [2.05, 4.69) is 0 Å². The fourth-order valence-electron chi connectivity index (χ4n) is 3.53. The van der Waals surface area contributed by atoms with Gasteiger partial charge in [0.05, 0.1) is 34.1 Å². The van der Waals surface area contributed by atoms with Crippen LogP contribution >= 0.6 is 11.8 Å². The van der Waals surface area contributed by atoms with Crippen molar-refractivity contribution < 1.29 is 24.0 Å². The lowest BCUT2D eigenvalue weighted by molar-refractivity contribution is -0.384. The average molecular weight is 457 g/mol. The Hall–Kier alpha value is -3.33. The van der Waals surface area contributed by atoms with Crippen LogP contribution in [0.25, 0.3) is 5.52 Å². The zero-order valence-electron chi connectivity index (χ0n) is 18.3. The number of carbonyl (C=O) groups excluding carboxylic acids is 2. The number of non-ortho nitro benzene ring substituents is 1. The molecule has 0 aliphatic carbocycles. The number of hydrogen-bond donors (Lipinski definition) is 0. The number of pyridine rings is 1. The third-order valence-corrected chi connectivity index (χ3v) is 5.95. The number of benzene rings is 1. The topological polar surface area (TPSA) is 100 Å². The molecule has 0 aliphatic heterocycles. The van der Waals surface area contributed by atoms with Crippen LogP contribution in [0.4, 0.5) is 5.69 Å². The third-order valence-electron chi connectivity index (χ3n) is 4.79. The summed E-state index contributed by atoms with van der Waals surface area (Å²) in [6, 6.07) is 8.11. The smallest absolute Gasteiger partial charge is 0.356 e. The molecule has 0 unspecified atom stereocenters. The first kappa shape index (κ1) is 23.3. The molecule has 1 aromatic carbocycles. The molecule has 3 aromatic rings. The monoisotopic (exact) mass is 456 g/mol. The normalized spacial score (nSPS) is 10.9. The van der Waals surface area contributed by atoms with E-state index in [0.717, 1.165) is 16.7 Å². The molecule has 9 heteroatoms. The van der Waals surface area contributed by atoms with Gasteiger partial charge in [-0.3, -0.25) is 10.1 Å². The number of aryl methyl sites for hydroxylation is 2. The maximum Gasteiger partial charge on any atom is 0.356 e. The van der Waals surface area contributed by atoms with Crippen LogP contribution in [-0.4, -0.2) is 34.5 Å². The van der Waals surface area contributed by atoms with E-state index < -0.39 is 16.9 Å². The molecule has 0 bridgehead atoms. The Morgan fingerprint density at radius 2 is 1.69 bits per heavy atom. The molecule has 0 aliphatic rings. The van der Waals surface area contributed by atoms with E-state index in [4.69, 9.17) is 9.47 Å². The summed E-state index contributed by atoms with van der Waals surface area (Å²) in [7, 11) is 0. The Morgan fingerprint density at radius 3 is 2.28 bits per heavy atom. The first-order chi connectivity index (χ1) is 15.3. The molecule has 2 heterocycles. The van der Waals surface area contributed by atoms with Gasteiger partial charge in [0, 0.05) is 24.1 Å². The fraction of sp³-hybridized carbons (Fsp3) is 0.304. The standard InChI is InChI=1S/C23H24N2O6S/c1-5-30-22(26)18-19-15(4)11-14(3)12-24(19)20(23(27)31-6-2)21(18)32-13-16-7-9-17(10-8-16)25(28)29/h7-12H,5-6,13H2,1-4H3. The van der Waals surface area contributed by atoms with Gasteiger partial charge >= 0.3 is 11.9 Å². The Bertz CT molecular complexity index is 1180. The van der Waals surface area contributed by atoms with Crippen molar-refractivity contribution in [2.75, 3.05) is 13.2 Å². The molecule has 0 saturated carbocycles. The molecule has 0 amide bonds. The van der Waals surface area contributed by atoms with Crippen molar-refractivity contribution in [2.45, 2.75) is 38.3 Å². The van der Waals surface area contributed by atoms with Gasteiger partial charge in [0.1, 0.15) is 5.69 Å². The third kappa shape index (κ3) is 4.62. The molecule has 8 nitrogen and oxygen atoms in total. The summed E-state index contributed by atoms with van der Waals surface area (Å²) >= 11 is 1.30. The van der Waals surface area contributed by atoms with E-state index in [1.807, 2.05) is 19.9 Å². The second-order valence-electron chi connectivity index (χ2n) is 7.12. The van der Waals surface area contributed by atoms with Gasteiger partial charge in [0.25, 0.3) is 5.69 Å². The Labute approximate surface area is 189 Å². The lowest BCUT2D eigenvalue weighted by atomic mass is 10.1. The largest absolute Gasteiger partial charge is 0.462 e. The molecule has 0 spiro atoms. The molecule has 32 heavy (non-hydrogen) atoms. The summed E-state index contributed by atoms with van der Waals surface area (Å²) < 4.78 is 12.3. The van der Waals surface area contributed by atoms with Crippen LogP contribution in [0.2, 0.25) is 0 Å². The average Bonchev–Trinajstić information content (AvgIpc) is 3.07. The van der Waals surface area contributed by atoms with Crippen molar-refractivity contribution in [1.82, 2.24) is 4.40 Å². The van der Waals surface area contributed by atoms with Gasteiger partial charge in [-0.05, 0) is 44.4 Å². The van der Waals surface area contributed by atoms with Gasteiger partial charge in [-0.25, -0.2) is 9.59 Å². The number of rotatable bonds is 8. The van der Waals surface area contributed by atoms with E-state index in [1.54, 1.807) is 36.6 Å². The molecule has 3 rings (SSSR count). The maximum absolute atomic E-state index is 13.0. The highest BCUT2D eigenvalue weighted by atomic mass is 32.2. The van der Waals surface area contributed by atoms with Crippen LogP contribution in [-0.2, 0) is 15.2 Å². The SMILES string of the molecule is CCOC(=O)c1c(SCc2ccc([N+](=O)[O-])cc2)c(C(=O)OCC)n2cc(C)cc(C)c12. The van der Waals surface area contributed by atoms with Crippen molar-refractivity contribution in [2.24, 2.45) is 0 Å². The summed E-state index contributed by atoms with van der Waals surface area (Å²) in [6.07, 6.45) is 1.80. The number of carbonyl (C=O) groups is 2. The van der Waals surface area contributed by atoms with Crippen molar-refractivity contribution in [3.63, 3.8) is 0 Å². The summed E-state index contributed by atoms with van der Waals surface area (Å²) in [5, 5.41) is 10.9. The number of thioether (sulfide) groups is 1. The zero-order chi connectivity index (χ0) is 23.4. The highest BCUT2D eigenvalue weighted by molar-refractivity contribution is 7.98. The molecule has 168 valence electrons. The minimum atomic E-state index is -0.533. The first-order valence-corrected chi connectivity index (χ1v) is 11.1. The molecule has 0 N–H and O–H groups in total. The second-order valence-corrected chi connectivity index (χ2v) is 8.11. The quantitative estimate of drug-likeness (QED) is 0.201. The van der Waals surface area contributed by atoms with E-state index in [9.17, 15) is 19.7 Å². The van der Waals surface area contributed by atoms with Crippen molar-refractivity contribution in [1.29, 1.82) is 0 Å². The van der Waals surface area contributed by atoms with Gasteiger partial charge in [-0.15, -0.1) is 11.8 Å². The van der Waals surface area contributed by atoms with Gasteiger partial charge < -0.3 is 13.9 Å². The minimum absolute atomic E-state index is 0.00104. The number of hydrogen-bond acceptors (Lipinski definition) is 7. The molecular formula is C23H24N2O6S.